The summed E-state index contributed by atoms with van der Waals surface area (Å²) in [5, 5.41) is 2.76. The van der Waals surface area contributed by atoms with Gasteiger partial charge >= 0.3 is 5.97 Å². The molecule has 0 aromatic heterocycles. The summed E-state index contributed by atoms with van der Waals surface area (Å²) in [6, 6.07) is 16.5. The molecule has 0 fully saturated rings. The van der Waals surface area contributed by atoms with Gasteiger partial charge in [0.15, 0.2) is 6.10 Å². The molecule has 156 valence electrons. The van der Waals surface area contributed by atoms with Crippen molar-refractivity contribution < 1.29 is 23.9 Å². The van der Waals surface area contributed by atoms with E-state index in [4.69, 9.17) is 4.74 Å². The number of hydrogen-bond acceptors (Lipinski definition) is 5. The smallest absolute Gasteiger partial charge is 0.326 e. The lowest BCUT2D eigenvalue weighted by atomic mass is 9.98. The van der Waals surface area contributed by atoms with E-state index in [9.17, 15) is 19.2 Å². The first-order chi connectivity index (χ1) is 14.4. The minimum Gasteiger partial charge on any atom is -0.451 e. The molecule has 3 amide bonds. The summed E-state index contributed by atoms with van der Waals surface area (Å²) in [6.07, 6.45) is -0.995. The van der Waals surface area contributed by atoms with Crippen molar-refractivity contribution in [3.05, 3.63) is 71.3 Å². The highest BCUT2D eigenvalue weighted by atomic mass is 16.5. The molecule has 7 nitrogen and oxygen atoms in total. The summed E-state index contributed by atoms with van der Waals surface area (Å²) in [6.45, 7) is 3.31. The molecule has 0 aliphatic carbocycles. The number of esters is 1. The third-order valence-corrected chi connectivity index (χ3v) is 5.05. The molecule has 30 heavy (non-hydrogen) atoms. The van der Waals surface area contributed by atoms with Crippen LogP contribution in [0.1, 0.15) is 41.3 Å². The van der Waals surface area contributed by atoms with Gasteiger partial charge in [0.05, 0.1) is 6.42 Å². The highest BCUT2D eigenvalue weighted by Gasteiger charge is 2.33. The third-order valence-electron chi connectivity index (χ3n) is 5.05. The van der Waals surface area contributed by atoms with E-state index in [-0.39, 0.29) is 12.3 Å². The predicted octanol–water partition coefficient (Wildman–Crippen LogP) is 2.06. The molecule has 1 N–H and O–H groups in total. The summed E-state index contributed by atoms with van der Waals surface area (Å²) in [5.41, 5.74) is 2.12. The maximum atomic E-state index is 12.5. The van der Waals surface area contributed by atoms with Crippen LogP contribution in [0.15, 0.2) is 54.6 Å². The van der Waals surface area contributed by atoms with Gasteiger partial charge in [-0.2, -0.15) is 0 Å². The van der Waals surface area contributed by atoms with Gasteiger partial charge in [0, 0.05) is 12.1 Å². The summed E-state index contributed by atoms with van der Waals surface area (Å²) in [5.74, 6) is -2.15. The van der Waals surface area contributed by atoms with E-state index in [1.165, 1.54) is 6.92 Å². The molecule has 2 aromatic rings. The van der Waals surface area contributed by atoms with Gasteiger partial charge in [-0.1, -0.05) is 55.5 Å². The second-order valence-electron chi connectivity index (χ2n) is 7.31. The highest BCUT2D eigenvalue weighted by Crippen LogP contribution is 2.19. The zero-order chi connectivity index (χ0) is 21.7. The number of fused-ring (bicyclic) bond motifs is 1. The second kappa shape index (κ2) is 9.35. The Kier molecular flexibility index (Phi) is 6.61. The number of amides is 3. The molecular formula is C23H24N2O5. The number of imide groups is 1. The standard InChI is InChI=1S/C23H24N2O5/c1-15(17-8-4-3-5-9-17)13-24-22(28)16(2)30-21(27)14-25-20(26)12-18-10-6-7-11-19(18)23(25)29/h3-11,15-16H,12-14H2,1-2H3,(H,24,28)/t15-,16-/m0/s1. The van der Waals surface area contributed by atoms with Crippen molar-refractivity contribution in [2.75, 3.05) is 13.1 Å². The molecule has 0 saturated carbocycles. The maximum Gasteiger partial charge on any atom is 0.326 e. The first-order valence-corrected chi connectivity index (χ1v) is 9.81. The number of hydrogen-bond donors (Lipinski definition) is 1. The fourth-order valence-corrected chi connectivity index (χ4v) is 3.27. The summed E-state index contributed by atoms with van der Waals surface area (Å²) in [7, 11) is 0. The van der Waals surface area contributed by atoms with Gasteiger partial charge in [0.1, 0.15) is 6.54 Å². The van der Waals surface area contributed by atoms with Crippen LogP contribution in [0, 0.1) is 0 Å². The van der Waals surface area contributed by atoms with Crippen molar-refractivity contribution in [1.82, 2.24) is 10.2 Å². The Labute approximate surface area is 175 Å². The topological polar surface area (TPSA) is 92.8 Å². The number of carbonyl (C=O) groups is 4. The van der Waals surface area contributed by atoms with E-state index in [1.54, 1.807) is 24.3 Å². The summed E-state index contributed by atoms with van der Waals surface area (Å²) >= 11 is 0. The average Bonchev–Trinajstić information content (AvgIpc) is 2.75. The van der Waals surface area contributed by atoms with E-state index in [0.717, 1.165) is 10.5 Å². The summed E-state index contributed by atoms with van der Waals surface area (Å²) < 4.78 is 5.14. The Bertz CT molecular complexity index is 957. The van der Waals surface area contributed by atoms with E-state index >= 15 is 0 Å². The van der Waals surface area contributed by atoms with Crippen LogP contribution in [-0.2, 0) is 25.5 Å². The van der Waals surface area contributed by atoms with Crippen molar-refractivity contribution in [3.63, 3.8) is 0 Å². The average molecular weight is 408 g/mol. The van der Waals surface area contributed by atoms with E-state index < -0.39 is 36.3 Å². The van der Waals surface area contributed by atoms with Crippen molar-refractivity contribution in [2.24, 2.45) is 0 Å². The van der Waals surface area contributed by atoms with Crippen LogP contribution >= 0.6 is 0 Å². The monoisotopic (exact) mass is 408 g/mol. The maximum absolute atomic E-state index is 12.5. The number of ether oxygens (including phenoxy) is 1. The predicted molar refractivity (Wildman–Crippen MR) is 110 cm³/mol. The minimum absolute atomic E-state index is 0.0443. The molecule has 3 rings (SSSR count). The lowest BCUT2D eigenvalue weighted by molar-refractivity contribution is -0.156. The van der Waals surface area contributed by atoms with Crippen LogP contribution in [-0.4, -0.2) is 47.8 Å². The van der Waals surface area contributed by atoms with Crippen molar-refractivity contribution in [1.29, 1.82) is 0 Å². The van der Waals surface area contributed by atoms with Gasteiger partial charge in [0.2, 0.25) is 5.91 Å². The molecule has 0 unspecified atom stereocenters. The fraction of sp³-hybridized carbons (Fsp3) is 0.304. The Hall–Kier alpha value is -3.48. The highest BCUT2D eigenvalue weighted by molar-refractivity contribution is 6.11. The van der Waals surface area contributed by atoms with Crippen LogP contribution in [0.2, 0.25) is 0 Å². The third kappa shape index (κ3) is 4.92. The van der Waals surface area contributed by atoms with Gasteiger partial charge in [-0.15, -0.1) is 0 Å². The van der Waals surface area contributed by atoms with Crippen LogP contribution in [0.4, 0.5) is 0 Å². The normalized spacial score (nSPS) is 15.2. The van der Waals surface area contributed by atoms with Gasteiger partial charge in [-0.05, 0) is 30.0 Å². The fourth-order valence-electron chi connectivity index (χ4n) is 3.27. The largest absolute Gasteiger partial charge is 0.451 e. The Balaban J connectivity index is 1.51. The number of nitrogens with one attached hydrogen (secondary N) is 1. The molecule has 2 atom stereocenters. The lowest BCUT2D eigenvalue weighted by Crippen LogP contribution is -2.46. The summed E-state index contributed by atoms with van der Waals surface area (Å²) in [4.78, 5) is 50.1. The Morgan fingerprint density at radius 1 is 1.03 bits per heavy atom. The molecule has 1 aliphatic rings. The van der Waals surface area contributed by atoms with Gasteiger partial charge in [-0.3, -0.25) is 24.1 Å². The van der Waals surface area contributed by atoms with Crippen LogP contribution in [0.5, 0.6) is 0 Å². The van der Waals surface area contributed by atoms with E-state index in [1.807, 2.05) is 37.3 Å². The molecule has 1 heterocycles. The number of rotatable bonds is 7. The Morgan fingerprint density at radius 3 is 2.43 bits per heavy atom. The lowest BCUT2D eigenvalue weighted by Gasteiger charge is -2.26. The van der Waals surface area contributed by atoms with Gasteiger partial charge in [-0.25, -0.2) is 0 Å². The van der Waals surface area contributed by atoms with E-state index in [0.29, 0.717) is 17.7 Å². The van der Waals surface area contributed by atoms with Crippen molar-refractivity contribution >= 4 is 23.7 Å². The molecule has 7 heteroatoms. The van der Waals surface area contributed by atoms with E-state index in [2.05, 4.69) is 5.32 Å². The number of nitrogens with zero attached hydrogens (tertiary/aromatic N) is 1. The van der Waals surface area contributed by atoms with Gasteiger partial charge < -0.3 is 10.1 Å². The molecule has 0 radical (unpaired) electrons. The molecule has 1 aliphatic heterocycles. The van der Waals surface area contributed by atoms with Crippen molar-refractivity contribution in [3.8, 4) is 0 Å². The molecule has 2 aromatic carbocycles. The first-order valence-electron chi connectivity index (χ1n) is 9.81. The van der Waals surface area contributed by atoms with Crippen molar-refractivity contribution in [2.45, 2.75) is 32.3 Å². The zero-order valence-electron chi connectivity index (χ0n) is 17.0. The minimum atomic E-state index is -1.04. The van der Waals surface area contributed by atoms with Crippen LogP contribution in [0.3, 0.4) is 0 Å². The first kappa shape index (κ1) is 21.2. The van der Waals surface area contributed by atoms with Crippen LogP contribution in [0.25, 0.3) is 0 Å². The number of benzene rings is 2. The molecular weight excluding hydrogens is 384 g/mol. The zero-order valence-corrected chi connectivity index (χ0v) is 17.0. The van der Waals surface area contributed by atoms with Gasteiger partial charge in [0.25, 0.3) is 11.8 Å². The molecule has 0 saturated heterocycles. The van der Waals surface area contributed by atoms with Crippen LogP contribution < -0.4 is 5.32 Å². The SMILES string of the molecule is C[C@H](OC(=O)CN1C(=O)Cc2ccccc2C1=O)C(=O)NC[C@H](C)c1ccccc1. The Morgan fingerprint density at radius 2 is 1.70 bits per heavy atom. The quantitative estimate of drug-likeness (QED) is 0.559. The molecule has 0 spiro atoms. The second-order valence-corrected chi connectivity index (χ2v) is 7.31. The molecule has 0 bridgehead atoms. The number of carbonyl (C=O) groups excluding carboxylic acids is 4.